The molecule has 0 fully saturated rings. The molecule has 22 heavy (non-hydrogen) atoms. The minimum Gasteiger partial charge on any atom is -0.236 e. The summed E-state index contributed by atoms with van der Waals surface area (Å²) in [4.78, 5) is 8.78. The lowest BCUT2D eigenvalue weighted by atomic mass is 10.1. The fourth-order valence-corrected chi connectivity index (χ4v) is 2.73. The predicted molar refractivity (Wildman–Crippen MR) is 83.4 cm³/mol. The summed E-state index contributed by atoms with van der Waals surface area (Å²) in [5.74, 6) is -0.315. The molecular formula is C16H10ClFN4. The molecule has 0 saturated carbocycles. The molecule has 0 unspecified atom stereocenters. The van der Waals surface area contributed by atoms with Crippen molar-refractivity contribution in [2.45, 2.75) is 6.92 Å². The standard InChI is InChI=1S/C16H10ClFN4/c1-9-5-14-19-8-11-7-13(10-3-2-4-12(18)6-10)15(17)20-16(11)22(14)21-9/h2-8H,1H3. The van der Waals surface area contributed by atoms with E-state index in [9.17, 15) is 4.39 Å². The number of halogens is 2. The largest absolute Gasteiger partial charge is 0.236 e. The number of pyridine rings is 1. The van der Waals surface area contributed by atoms with Gasteiger partial charge in [0.25, 0.3) is 0 Å². The maximum atomic E-state index is 13.4. The first-order valence-corrected chi connectivity index (χ1v) is 7.07. The molecule has 0 spiro atoms. The highest BCUT2D eigenvalue weighted by molar-refractivity contribution is 6.32. The molecule has 0 saturated heterocycles. The van der Waals surface area contributed by atoms with Crippen LogP contribution in [0.25, 0.3) is 27.8 Å². The lowest BCUT2D eigenvalue weighted by Crippen LogP contribution is -1.97. The molecule has 108 valence electrons. The number of rotatable bonds is 1. The number of nitrogens with zero attached hydrogens (tertiary/aromatic N) is 4. The summed E-state index contributed by atoms with van der Waals surface area (Å²) in [5, 5.41) is 5.47. The van der Waals surface area contributed by atoms with Gasteiger partial charge in [0.2, 0.25) is 0 Å². The average Bonchev–Trinajstić information content (AvgIpc) is 2.87. The van der Waals surface area contributed by atoms with Gasteiger partial charge in [-0.05, 0) is 30.7 Å². The summed E-state index contributed by atoms with van der Waals surface area (Å²) in [6, 6.07) is 9.98. The molecular weight excluding hydrogens is 303 g/mol. The number of hydrogen-bond acceptors (Lipinski definition) is 3. The van der Waals surface area contributed by atoms with Crippen LogP contribution < -0.4 is 0 Å². The van der Waals surface area contributed by atoms with Gasteiger partial charge in [-0.3, -0.25) is 0 Å². The average molecular weight is 313 g/mol. The highest BCUT2D eigenvalue weighted by Crippen LogP contribution is 2.30. The third-order valence-corrected chi connectivity index (χ3v) is 3.76. The van der Waals surface area contributed by atoms with E-state index < -0.39 is 0 Å². The van der Waals surface area contributed by atoms with Crippen molar-refractivity contribution in [3.8, 4) is 11.1 Å². The second kappa shape index (κ2) is 4.74. The van der Waals surface area contributed by atoms with Gasteiger partial charge in [-0.1, -0.05) is 23.7 Å². The van der Waals surface area contributed by atoms with Crippen molar-refractivity contribution in [1.82, 2.24) is 19.6 Å². The van der Waals surface area contributed by atoms with Crippen LogP contribution in [0.2, 0.25) is 5.15 Å². The van der Waals surface area contributed by atoms with Crippen LogP contribution in [0.15, 0.2) is 42.6 Å². The molecule has 0 aliphatic rings. The molecule has 6 heteroatoms. The Kier molecular flexibility index (Phi) is 2.84. The summed E-state index contributed by atoms with van der Waals surface area (Å²) in [6.07, 6.45) is 1.72. The first-order chi connectivity index (χ1) is 10.6. The zero-order chi connectivity index (χ0) is 15.3. The summed E-state index contributed by atoms with van der Waals surface area (Å²) >= 11 is 6.30. The lowest BCUT2D eigenvalue weighted by Gasteiger charge is -2.07. The Morgan fingerprint density at radius 1 is 1.18 bits per heavy atom. The second-order valence-electron chi connectivity index (χ2n) is 5.06. The summed E-state index contributed by atoms with van der Waals surface area (Å²) in [7, 11) is 0. The van der Waals surface area contributed by atoms with Gasteiger partial charge < -0.3 is 0 Å². The Hall–Kier alpha value is -2.53. The van der Waals surface area contributed by atoms with Crippen molar-refractivity contribution in [2.24, 2.45) is 0 Å². The normalized spacial score (nSPS) is 11.4. The van der Waals surface area contributed by atoms with Gasteiger partial charge in [0.05, 0.1) is 5.69 Å². The van der Waals surface area contributed by atoms with E-state index in [4.69, 9.17) is 11.6 Å². The fraction of sp³-hybridized carbons (Fsp3) is 0.0625. The van der Waals surface area contributed by atoms with E-state index in [2.05, 4.69) is 15.1 Å². The van der Waals surface area contributed by atoms with Gasteiger partial charge >= 0.3 is 0 Å². The van der Waals surface area contributed by atoms with Gasteiger partial charge in [-0.2, -0.15) is 9.61 Å². The number of hydrogen-bond donors (Lipinski definition) is 0. The second-order valence-corrected chi connectivity index (χ2v) is 5.42. The summed E-state index contributed by atoms with van der Waals surface area (Å²) in [5.41, 5.74) is 3.54. The molecule has 1 aromatic carbocycles. The molecule has 0 radical (unpaired) electrons. The Morgan fingerprint density at radius 3 is 2.86 bits per heavy atom. The van der Waals surface area contributed by atoms with Crippen LogP contribution in [0, 0.1) is 12.7 Å². The van der Waals surface area contributed by atoms with Gasteiger partial charge in [0.1, 0.15) is 11.0 Å². The highest BCUT2D eigenvalue weighted by Gasteiger charge is 2.12. The topological polar surface area (TPSA) is 43.1 Å². The van der Waals surface area contributed by atoms with Gasteiger partial charge in [-0.15, -0.1) is 0 Å². The van der Waals surface area contributed by atoms with Crippen LogP contribution in [0.4, 0.5) is 4.39 Å². The molecule has 0 amide bonds. The van der Waals surface area contributed by atoms with Gasteiger partial charge in [0.15, 0.2) is 11.3 Å². The fourth-order valence-electron chi connectivity index (χ4n) is 2.49. The number of fused-ring (bicyclic) bond motifs is 3. The Bertz CT molecular complexity index is 1030. The molecule has 4 aromatic rings. The Balaban J connectivity index is 2.02. The van der Waals surface area contributed by atoms with Crippen molar-refractivity contribution in [3.63, 3.8) is 0 Å². The van der Waals surface area contributed by atoms with E-state index in [-0.39, 0.29) is 5.82 Å². The van der Waals surface area contributed by atoms with Gasteiger partial charge in [-0.25, -0.2) is 14.4 Å². The summed E-state index contributed by atoms with van der Waals surface area (Å²) in [6.45, 7) is 1.89. The zero-order valence-electron chi connectivity index (χ0n) is 11.6. The van der Waals surface area contributed by atoms with E-state index >= 15 is 0 Å². The lowest BCUT2D eigenvalue weighted by molar-refractivity contribution is 0.628. The first kappa shape index (κ1) is 13.2. The monoisotopic (exact) mass is 312 g/mol. The van der Waals surface area contributed by atoms with Crippen molar-refractivity contribution >= 4 is 28.3 Å². The van der Waals surface area contributed by atoms with Crippen molar-refractivity contribution in [1.29, 1.82) is 0 Å². The zero-order valence-corrected chi connectivity index (χ0v) is 12.3. The van der Waals surface area contributed by atoms with Crippen molar-refractivity contribution < 1.29 is 4.39 Å². The maximum absolute atomic E-state index is 13.4. The van der Waals surface area contributed by atoms with Gasteiger partial charge in [0, 0.05) is 23.2 Å². The number of benzene rings is 1. The molecule has 0 aliphatic heterocycles. The molecule has 0 bridgehead atoms. The molecule has 4 rings (SSSR count). The van der Waals surface area contributed by atoms with Crippen LogP contribution in [0.1, 0.15) is 5.69 Å². The Morgan fingerprint density at radius 2 is 2.05 bits per heavy atom. The molecule has 3 aromatic heterocycles. The predicted octanol–water partition coefficient (Wildman–Crippen LogP) is 4.05. The summed E-state index contributed by atoms with van der Waals surface area (Å²) < 4.78 is 15.1. The first-order valence-electron chi connectivity index (χ1n) is 6.69. The van der Waals surface area contributed by atoms with E-state index in [0.29, 0.717) is 27.6 Å². The Labute approximate surface area is 130 Å². The van der Waals surface area contributed by atoms with Crippen LogP contribution in [0.3, 0.4) is 0 Å². The molecule has 4 nitrogen and oxygen atoms in total. The van der Waals surface area contributed by atoms with Crippen LogP contribution >= 0.6 is 11.6 Å². The smallest absolute Gasteiger partial charge is 0.166 e. The highest BCUT2D eigenvalue weighted by atomic mass is 35.5. The van der Waals surface area contributed by atoms with E-state index in [1.54, 1.807) is 22.8 Å². The molecule has 0 aliphatic carbocycles. The van der Waals surface area contributed by atoms with Crippen LogP contribution in [0.5, 0.6) is 0 Å². The van der Waals surface area contributed by atoms with E-state index in [0.717, 1.165) is 11.1 Å². The number of aryl methyl sites for hydroxylation is 1. The van der Waals surface area contributed by atoms with Crippen LogP contribution in [-0.4, -0.2) is 19.6 Å². The third kappa shape index (κ3) is 2.02. The van der Waals surface area contributed by atoms with Crippen molar-refractivity contribution in [3.05, 3.63) is 59.3 Å². The SMILES string of the molecule is Cc1cc2ncc3cc(-c4cccc(F)c4)c(Cl)nc3n2n1. The molecule has 3 heterocycles. The van der Waals surface area contributed by atoms with E-state index in [1.165, 1.54) is 12.1 Å². The number of aromatic nitrogens is 4. The minimum atomic E-state index is -0.315. The quantitative estimate of drug-likeness (QED) is 0.498. The molecule has 0 N–H and O–H groups in total. The third-order valence-electron chi connectivity index (χ3n) is 3.47. The minimum absolute atomic E-state index is 0.304. The molecule has 0 atom stereocenters. The van der Waals surface area contributed by atoms with Crippen LogP contribution in [-0.2, 0) is 0 Å². The van der Waals surface area contributed by atoms with E-state index in [1.807, 2.05) is 19.1 Å². The van der Waals surface area contributed by atoms with Crippen molar-refractivity contribution in [2.75, 3.05) is 0 Å². The maximum Gasteiger partial charge on any atom is 0.166 e.